The fourth-order valence-electron chi connectivity index (χ4n) is 2.63. The fourth-order valence-corrected chi connectivity index (χ4v) is 3.42. The molecule has 3 atom stereocenters. The molecule has 2 aliphatic rings. The van der Waals surface area contributed by atoms with Crippen molar-refractivity contribution in [3.8, 4) is 0 Å². The van der Waals surface area contributed by atoms with E-state index in [0.717, 1.165) is 37.5 Å². The van der Waals surface area contributed by atoms with E-state index in [1.54, 1.807) is 0 Å². The second kappa shape index (κ2) is 6.24. The Balaban J connectivity index is 1.64. The maximum absolute atomic E-state index is 5.75. The first-order chi connectivity index (χ1) is 7.78. The average molecular weight is 244 g/mol. The summed E-state index contributed by atoms with van der Waals surface area (Å²) in [5.74, 6) is 0. The van der Waals surface area contributed by atoms with Crippen LogP contribution in [0.25, 0.3) is 0 Å². The molecule has 2 fully saturated rings. The topological polar surface area (TPSA) is 24.5 Å². The van der Waals surface area contributed by atoms with Gasteiger partial charge in [0.1, 0.15) is 0 Å². The number of rotatable bonds is 4. The highest BCUT2D eigenvalue weighted by molar-refractivity contribution is 7.99. The molecule has 1 heterocycles. The maximum Gasteiger partial charge on any atom is 0.0826 e. The summed E-state index contributed by atoms with van der Waals surface area (Å²) < 4.78 is 5.75. The molecule has 1 saturated carbocycles. The molecule has 94 valence electrons. The van der Waals surface area contributed by atoms with E-state index >= 15 is 0 Å². The highest BCUT2D eigenvalue weighted by atomic mass is 32.2. The van der Waals surface area contributed by atoms with Gasteiger partial charge in [-0.1, -0.05) is 0 Å². The summed E-state index contributed by atoms with van der Waals surface area (Å²) in [4.78, 5) is 2.36. The summed E-state index contributed by atoms with van der Waals surface area (Å²) in [6.07, 6.45) is 6.68. The van der Waals surface area contributed by atoms with Crippen LogP contribution < -0.4 is 5.32 Å². The molecule has 1 saturated heterocycles. The molecule has 0 aromatic heterocycles. The van der Waals surface area contributed by atoms with Gasteiger partial charge in [0.15, 0.2) is 0 Å². The van der Waals surface area contributed by atoms with E-state index < -0.39 is 0 Å². The molecule has 0 aromatic rings. The first kappa shape index (κ1) is 12.7. The standard InChI is InChI=1S/C12H24N2OS/c1-14-5-6-15-11(9-14)8-13-10-3-4-12(7-10)16-2/h10-13H,3-9H2,1-2H3. The van der Waals surface area contributed by atoms with Crippen LogP contribution >= 0.6 is 11.8 Å². The second-order valence-corrected chi connectivity index (χ2v) is 6.17. The number of nitrogens with one attached hydrogen (secondary N) is 1. The van der Waals surface area contributed by atoms with E-state index in [-0.39, 0.29) is 0 Å². The first-order valence-electron chi connectivity index (χ1n) is 6.34. The molecule has 1 aliphatic carbocycles. The molecule has 1 aliphatic heterocycles. The van der Waals surface area contributed by atoms with E-state index in [4.69, 9.17) is 4.74 Å². The predicted octanol–water partition coefficient (Wildman–Crippen LogP) is 1.19. The molecule has 1 N–H and O–H groups in total. The summed E-state index contributed by atoms with van der Waals surface area (Å²) in [7, 11) is 2.18. The summed E-state index contributed by atoms with van der Waals surface area (Å²) in [6.45, 7) is 4.07. The third kappa shape index (κ3) is 3.62. The molecular formula is C12H24N2OS. The van der Waals surface area contributed by atoms with Crippen molar-refractivity contribution in [3.05, 3.63) is 0 Å². The monoisotopic (exact) mass is 244 g/mol. The van der Waals surface area contributed by atoms with Crippen LogP contribution in [0.1, 0.15) is 19.3 Å². The summed E-state index contributed by atoms with van der Waals surface area (Å²) in [5, 5.41) is 4.55. The molecule has 0 amide bonds. The zero-order valence-electron chi connectivity index (χ0n) is 10.4. The van der Waals surface area contributed by atoms with E-state index in [0.29, 0.717) is 6.10 Å². The van der Waals surface area contributed by atoms with Gasteiger partial charge < -0.3 is 15.0 Å². The number of likely N-dealkylation sites (N-methyl/N-ethyl adjacent to an activating group) is 1. The molecular weight excluding hydrogens is 220 g/mol. The van der Waals surface area contributed by atoms with E-state index in [1.807, 2.05) is 11.8 Å². The zero-order chi connectivity index (χ0) is 11.4. The third-order valence-electron chi connectivity index (χ3n) is 3.69. The predicted molar refractivity (Wildman–Crippen MR) is 70.2 cm³/mol. The van der Waals surface area contributed by atoms with Gasteiger partial charge in [0.2, 0.25) is 0 Å². The number of ether oxygens (including phenoxy) is 1. The smallest absolute Gasteiger partial charge is 0.0826 e. The molecule has 3 nitrogen and oxygen atoms in total. The molecule has 16 heavy (non-hydrogen) atoms. The molecule has 2 rings (SSSR count). The van der Waals surface area contributed by atoms with Crippen molar-refractivity contribution >= 4 is 11.8 Å². The van der Waals surface area contributed by atoms with Gasteiger partial charge in [-0.2, -0.15) is 11.8 Å². The number of hydrogen-bond acceptors (Lipinski definition) is 4. The minimum absolute atomic E-state index is 0.395. The van der Waals surface area contributed by atoms with Crippen LogP contribution in [0, 0.1) is 0 Å². The van der Waals surface area contributed by atoms with Crippen LogP contribution in [-0.4, -0.2) is 61.8 Å². The summed E-state index contributed by atoms with van der Waals surface area (Å²) in [6, 6.07) is 0.730. The zero-order valence-corrected chi connectivity index (χ0v) is 11.3. The molecule has 0 radical (unpaired) electrons. The van der Waals surface area contributed by atoms with Gasteiger partial charge in [-0.3, -0.25) is 0 Å². The van der Waals surface area contributed by atoms with Gasteiger partial charge in [-0.25, -0.2) is 0 Å². The Morgan fingerprint density at radius 2 is 2.31 bits per heavy atom. The van der Waals surface area contributed by atoms with Crippen molar-refractivity contribution in [3.63, 3.8) is 0 Å². The van der Waals surface area contributed by atoms with Crippen molar-refractivity contribution < 1.29 is 4.74 Å². The molecule has 0 spiro atoms. The average Bonchev–Trinajstić information content (AvgIpc) is 2.74. The van der Waals surface area contributed by atoms with Gasteiger partial charge in [-0.05, 0) is 32.6 Å². The van der Waals surface area contributed by atoms with Crippen molar-refractivity contribution in [2.24, 2.45) is 0 Å². The Bertz CT molecular complexity index is 215. The maximum atomic E-state index is 5.75. The summed E-state index contributed by atoms with van der Waals surface area (Å²) >= 11 is 2.02. The number of morpholine rings is 1. The fraction of sp³-hybridized carbons (Fsp3) is 1.00. The van der Waals surface area contributed by atoms with Crippen LogP contribution in [0.4, 0.5) is 0 Å². The van der Waals surface area contributed by atoms with E-state index in [9.17, 15) is 0 Å². The Hall–Kier alpha value is 0.230. The minimum atomic E-state index is 0.395. The Labute approximate surface area is 103 Å². The van der Waals surface area contributed by atoms with Crippen LogP contribution in [0.2, 0.25) is 0 Å². The largest absolute Gasteiger partial charge is 0.374 e. The molecule has 0 aromatic carbocycles. The minimum Gasteiger partial charge on any atom is -0.374 e. The Morgan fingerprint density at radius 3 is 3.00 bits per heavy atom. The number of thioether (sulfide) groups is 1. The quantitative estimate of drug-likeness (QED) is 0.803. The van der Waals surface area contributed by atoms with Crippen LogP contribution in [0.3, 0.4) is 0 Å². The van der Waals surface area contributed by atoms with Crippen LogP contribution in [0.5, 0.6) is 0 Å². The lowest BCUT2D eigenvalue weighted by atomic mass is 10.2. The van der Waals surface area contributed by atoms with Gasteiger partial charge in [-0.15, -0.1) is 0 Å². The van der Waals surface area contributed by atoms with Crippen molar-refractivity contribution in [1.82, 2.24) is 10.2 Å². The van der Waals surface area contributed by atoms with E-state index in [1.165, 1.54) is 19.3 Å². The number of hydrogen-bond donors (Lipinski definition) is 1. The van der Waals surface area contributed by atoms with Crippen LogP contribution in [0.15, 0.2) is 0 Å². The van der Waals surface area contributed by atoms with Crippen molar-refractivity contribution in [1.29, 1.82) is 0 Å². The van der Waals surface area contributed by atoms with Gasteiger partial charge in [0.05, 0.1) is 12.7 Å². The highest BCUT2D eigenvalue weighted by Crippen LogP contribution is 2.28. The van der Waals surface area contributed by atoms with Crippen LogP contribution in [-0.2, 0) is 4.74 Å². The van der Waals surface area contributed by atoms with Gasteiger partial charge in [0, 0.05) is 30.9 Å². The first-order valence-corrected chi connectivity index (χ1v) is 7.63. The lowest BCUT2D eigenvalue weighted by molar-refractivity contribution is -0.0191. The SMILES string of the molecule is CSC1CCC(NCC2CN(C)CCO2)C1. The normalized spacial score (nSPS) is 36.8. The van der Waals surface area contributed by atoms with Crippen molar-refractivity contribution in [2.45, 2.75) is 36.7 Å². The van der Waals surface area contributed by atoms with Crippen molar-refractivity contribution in [2.75, 3.05) is 39.5 Å². The third-order valence-corrected chi connectivity index (χ3v) is 4.79. The number of nitrogens with zero attached hydrogens (tertiary/aromatic N) is 1. The molecule has 0 bridgehead atoms. The van der Waals surface area contributed by atoms with E-state index in [2.05, 4.69) is 23.5 Å². The van der Waals surface area contributed by atoms with Gasteiger partial charge in [0.25, 0.3) is 0 Å². The molecule has 3 unspecified atom stereocenters. The Morgan fingerprint density at radius 1 is 1.44 bits per heavy atom. The second-order valence-electron chi connectivity index (χ2n) is 5.03. The van der Waals surface area contributed by atoms with Gasteiger partial charge >= 0.3 is 0 Å². The lowest BCUT2D eigenvalue weighted by Crippen LogP contribution is -2.46. The lowest BCUT2D eigenvalue weighted by Gasteiger charge is -2.31. The highest BCUT2D eigenvalue weighted by Gasteiger charge is 2.25. The summed E-state index contributed by atoms with van der Waals surface area (Å²) in [5.41, 5.74) is 0. The Kier molecular flexibility index (Phi) is 4.95. The molecule has 4 heteroatoms.